The summed E-state index contributed by atoms with van der Waals surface area (Å²) < 4.78 is 0. The molecule has 2 aromatic carbocycles. The summed E-state index contributed by atoms with van der Waals surface area (Å²) in [5, 5.41) is 5.31. The van der Waals surface area contributed by atoms with Gasteiger partial charge in [0.2, 0.25) is 0 Å². The average molecular weight is 327 g/mol. The van der Waals surface area contributed by atoms with E-state index >= 15 is 0 Å². The Kier molecular flexibility index (Phi) is 4.23. The van der Waals surface area contributed by atoms with Crippen molar-refractivity contribution < 1.29 is 0 Å². The standard InChI is InChI=1S/C16H14Cl3N/c17-14-6-2-11(8-16(14)19)13-5-1-10(7-15(13)18)9-20-12-3-4-12/h1-2,5-8,12,20H,3-4,9H2. The van der Waals surface area contributed by atoms with E-state index in [1.807, 2.05) is 24.3 Å². The summed E-state index contributed by atoms with van der Waals surface area (Å²) in [4.78, 5) is 0. The first-order valence-corrected chi connectivity index (χ1v) is 7.74. The Hall–Kier alpha value is -0.730. The minimum absolute atomic E-state index is 0.541. The third-order valence-corrected chi connectivity index (χ3v) is 4.49. The molecule has 1 fully saturated rings. The van der Waals surface area contributed by atoms with Gasteiger partial charge in [0, 0.05) is 23.2 Å². The second-order valence-corrected chi connectivity index (χ2v) is 6.32. The van der Waals surface area contributed by atoms with Crippen LogP contribution in [0, 0.1) is 0 Å². The van der Waals surface area contributed by atoms with Gasteiger partial charge >= 0.3 is 0 Å². The van der Waals surface area contributed by atoms with Gasteiger partial charge in [0.05, 0.1) is 10.0 Å². The molecule has 1 aliphatic carbocycles. The fourth-order valence-corrected chi connectivity index (χ4v) is 2.73. The SMILES string of the molecule is Clc1ccc(-c2ccc(CNC3CC3)cc2Cl)cc1Cl. The smallest absolute Gasteiger partial charge is 0.0598 e. The molecule has 3 rings (SSSR count). The van der Waals surface area contributed by atoms with E-state index in [-0.39, 0.29) is 0 Å². The number of hydrogen-bond acceptors (Lipinski definition) is 1. The van der Waals surface area contributed by atoms with Crippen molar-refractivity contribution in [2.75, 3.05) is 0 Å². The van der Waals surface area contributed by atoms with Crippen molar-refractivity contribution in [3.63, 3.8) is 0 Å². The van der Waals surface area contributed by atoms with Crippen LogP contribution in [0.3, 0.4) is 0 Å². The molecule has 20 heavy (non-hydrogen) atoms. The predicted molar refractivity (Wildman–Crippen MR) is 86.8 cm³/mol. The Balaban J connectivity index is 1.83. The van der Waals surface area contributed by atoms with Gasteiger partial charge in [-0.05, 0) is 42.2 Å². The van der Waals surface area contributed by atoms with Gasteiger partial charge in [-0.25, -0.2) is 0 Å². The lowest BCUT2D eigenvalue weighted by Gasteiger charge is -2.09. The molecule has 104 valence electrons. The summed E-state index contributed by atoms with van der Waals surface area (Å²) in [7, 11) is 0. The van der Waals surface area contributed by atoms with Crippen LogP contribution < -0.4 is 5.32 Å². The lowest BCUT2D eigenvalue weighted by atomic mass is 10.0. The molecule has 0 bridgehead atoms. The quantitative estimate of drug-likeness (QED) is 0.775. The van der Waals surface area contributed by atoms with Crippen LogP contribution in [0.15, 0.2) is 36.4 Å². The monoisotopic (exact) mass is 325 g/mol. The zero-order chi connectivity index (χ0) is 14.1. The number of halogens is 3. The molecule has 0 heterocycles. The molecule has 1 nitrogen and oxygen atoms in total. The zero-order valence-corrected chi connectivity index (χ0v) is 13.1. The van der Waals surface area contributed by atoms with E-state index in [2.05, 4.69) is 11.4 Å². The van der Waals surface area contributed by atoms with Crippen molar-refractivity contribution in [2.45, 2.75) is 25.4 Å². The van der Waals surface area contributed by atoms with Crippen LogP contribution >= 0.6 is 34.8 Å². The first kappa shape index (κ1) is 14.2. The van der Waals surface area contributed by atoms with Crippen LogP contribution in [-0.4, -0.2) is 6.04 Å². The van der Waals surface area contributed by atoms with Crippen molar-refractivity contribution in [3.05, 3.63) is 57.0 Å². The summed E-state index contributed by atoms with van der Waals surface area (Å²) in [5.74, 6) is 0. The molecule has 0 atom stereocenters. The molecule has 4 heteroatoms. The van der Waals surface area contributed by atoms with Gasteiger partial charge in [0.25, 0.3) is 0 Å². The van der Waals surface area contributed by atoms with Gasteiger partial charge < -0.3 is 5.32 Å². The Bertz CT molecular complexity index is 636. The van der Waals surface area contributed by atoms with Gasteiger partial charge in [-0.2, -0.15) is 0 Å². The molecule has 0 radical (unpaired) electrons. The van der Waals surface area contributed by atoms with Crippen LogP contribution in [-0.2, 0) is 6.54 Å². The second-order valence-electron chi connectivity index (χ2n) is 5.10. The maximum absolute atomic E-state index is 6.38. The third-order valence-electron chi connectivity index (χ3n) is 3.44. The second kappa shape index (κ2) is 5.95. The molecule has 1 N–H and O–H groups in total. The van der Waals surface area contributed by atoms with Crippen molar-refractivity contribution >= 4 is 34.8 Å². The summed E-state index contributed by atoms with van der Waals surface area (Å²) in [5.41, 5.74) is 3.15. The Labute approximate surface area is 133 Å². The Morgan fingerprint density at radius 1 is 0.900 bits per heavy atom. The van der Waals surface area contributed by atoms with E-state index in [0.717, 1.165) is 22.7 Å². The molecule has 1 saturated carbocycles. The molecule has 0 spiro atoms. The lowest BCUT2D eigenvalue weighted by molar-refractivity contribution is 0.688. The largest absolute Gasteiger partial charge is 0.310 e. The van der Waals surface area contributed by atoms with E-state index in [0.29, 0.717) is 16.1 Å². The highest BCUT2D eigenvalue weighted by atomic mass is 35.5. The number of rotatable bonds is 4. The Morgan fingerprint density at radius 2 is 1.70 bits per heavy atom. The van der Waals surface area contributed by atoms with Crippen LogP contribution in [0.5, 0.6) is 0 Å². The first-order chi connectivity index (χ1) is 9.63. The van der Waals surface area contributed by atoms with E-state index in [1.165, 1.54) is 18.4 Å². The minimum Gasteiger partial charge on any atom is -0.310 e. The number of benzene rings is 2. The lowest BCUT2D eigenvalue weighted by Crippen LogP contribution is -2.15. The highest BCUT2D eigenvalue weighted by Gasteiger charge is 2.20. The molecule has 2 aromatic rings. The highest BCUT2D eigenvalue weighted by molar-refractivity contribution is 6.42. The summed E-state index contributed by atoms with van der Waals surface area (Å²) in [6, 6.07) is 12.4. The first-order valence-electron chi connectivity index (χ1n) is 6.61. The van der Waals surface area contributed by atoms with Gasteiger partial charge in [-0.3, -0.25) is 0 Å². The molecule has 0 unspecified atom stereocenters. The fraction of sp³-hybridized carbons (Fsp3) is 0.250. The molecule has 0 saturated heterocycles. The van der Waals surface area contributed by atoms with Gasteiger partial charge in [0.15, 0.2) is 0 Å². The van der Waals surface area contributed by atoms with Crippen LogP contribution in [0.2, 0.25) is 15.1 Å². The van der Waals surface area contributed by atoms with Crippen molar-refractivity contribution in [1.29, 1.82) is 0 Å². The molecule has 0 aliphatic heterocycles. The number of hydrogen-bond donors (Lipinski definition) is 1. The summed E-state index contributed by atoms with van der Waals surface area (Å²) in [6.07, 6.45) is 2.57. The summed E-state index contributed by atoms with van der Waals surface area (Å²) >= 11 is 18.4. The normalized spacial score (nSPS) is 14.6. The van der Waals surface area contributed by atoms with Crippen LogP contribution in [0.1, 0.15) is 18.4 Å². The zero-order valence-electron chi connectivity index (χ0n) is 10.8. The van der Waals surface area contributed by atoms with E-state index < -0.39 is 0 Å². The average Bonchev–Trinajstić information content (AvgIpc) is 3.24. The van der Waals surface area contributed by atoms with Gasteiger partial charge in [0.1, 0.15) is 0 Å². The van der Waals surface area contributed by atoms with E-state index in [1.54, 1.807) is 6.07 Å². The molecular weight excluding hydrogens is 313 g/mol. The molecule has 0 amide bonds. The molecule has 1 aliphatic rings. The molecular formula is C16H14Cl3N. The van der Waals surface area contributed by atoms with Crippen LogP contribution in [0.4, 0.5) is 0 Å². The maximum Gasteiger partial charge on any atom is 0.0598 e. The minimum atomic E-state index is 0.541. The third kappa shape index (κ3) is 3.29. The Morgan fingerprint density at radius 3 is 2.35 bits per heavy atom. The topological polar surface area (TPSA) is 12.0 Å². The fourth-order valence-electron chi connectivity index (χ4n) is 2.12. The predicted octanol–water partition coefficient (Wildman–Crippen LogP) is 5.57. The molecule has 0 aromatic heterocycles. The van der Waals surface area contributed by atoms with Crippen molar-refractivity contribution in [3.8, 4) is 11.1 Å². The van der Waals surface area contributed by atoms with Gasteiger partial charge in [-0.1, -0.05) is 53.0 Å². The van der Waals surface area contributed by atoms with Crippen molar-refractivity contribution in [2.24, 2.45) is 0 Å². The summed E-state index contributed by atoms with van der Waals surface area (Å²) in [6.45, 7) is 0.867. The van der Waals surface area contributed by atoms with Gasteiger partial charge in [-0.15, -0.1) is 0 Å². The van der Waals surface area contributed by atoms with Crippen molar-refractivity contribution in [1.82, 2.24) is 5.32 Å². The highest BCUT2D eigenvalue weighted by Crippen LogP contribution is 2.33. The van der Waals surface area contributed by atoms with E-state index in [9.17, 15) is 0 Å². The number of nitrogens with one attached hydrogen (secondary N) is 1. The van der Waals surface area contributed by atoms with Crippen LogP contribution in [0.25, 0.3) is 11.1 Å². The van der Waals surface area contributed by atoms with E-state index in [4.69, 9.17) is 34.8 Å². The maximum atomic E-state index is 6.38.